The van der Waals surface area contributed by atoms with Crippen molar-refractivity contribution in [3.63, 3.8) is 0 Å². The number of nitrogens with two attached hydrogens (primary N) is 1. The van der Waals surface area contributed by atoms with Crippen molar-refractivity contribution >= 4 is 12.0 Å². The molecular formula is C10H10FNO2. The Bertz CT molecular complexity index is 374. The smallest absolute Gasteiger partial charge is 0.328 e. The number of benzene rings is 1. The first-order valence-electron chi connectivity index (χ1n) is 4.03. The van der Waals surface area contributed by atoms with Gasteiger partial charge in [0.25, 0.3) is 0 Å². The van der Waals surface area contributed by atoms with Gasteiger partial charge < -0.3 is 10.8 Å². The third-order valence-corrected chi connectivity index (χ3v) is 1.70. The Kier molecular flexibility index (Phi) is 3.36. The van der Waals surface area contributed by atoms with E-state index in [0.29, 0.717) is 6.54 Å². The maximum absolute atomic E-state index is 13.1. The highest BCUT2D eigenvalue weighted by atomic mass is 19.1. The Balaban J connectivity index is 3.00. The van der Waals surface area contributed by atoms with Gasteiger partial charge in [-0.25, -0.2) is 9.18 Å². The fourth-order valence-corrected chi connectivity index (χ4v) is 1.01. The lowest BCUT2D eigenvalue weighted by Gasteiger charge is -2.00. The summed E-state index contributed by atoms with van der Waals surface area (Å²) in [5, 5.41) is 8.36. The molecule has 3 N–H and O–H groups in total. The first kappa shape index (κ1) is 10.4. The average Bonchev–Trinajstić information content (AvgIpc) is 2.16. The van der Waals surface area contributed by atoms with Crippen molar-refractivity contribution in [1.82, 2.24) is 0 Å². The van der Waals surface area contributed by atoms with Gasteiger partial charge in [-0.2, -0.15) is 0 Å². The molecule has 4 heteroatoms. The van der Waals surface area contributed by atoms with Crippen LogP contribution in [0.1, 0.15) is 11.1 Å². The second-order valence-electron chi connectivity index (χ2n) is 2.73. The molecule has 0 aliphatic heterocycles. The van der Waals surface area contributed by atoms with Crippen LogP contribution < -0.4 is 5.73 Å². The number of carboxylic acids is 1. The van der Waals surface area contributed by atoms with Crippen LogP contribution in [0.4, 0.5) is 4.39 Å². The topological polar surface area (TPSA) is 63.3 Å². The van der Waals surface area contributed by atoms with Crippen LogP contribution in [-0.2, 0) is 11.3 Å². The zero-order valence-corrected chi connectivity index (χ0v) is 7.40. The predicted molar refractivity (Wildman–Crippen MR) is 51.0 cm³/mol. The van der Waals surface area contributed by atoms with E-state index in [9.17, 15) is 9.18 Å². The predicted octanol–water partition coefficient (Wildman–Crippen LogP) is 1.38. The Hall–Kier alpha value is -1.68. The summed E-state index contributed by atoms with van der Waals surface area (Å²) >= 11 is 0. The fourth-order valence-electron chi connectivity index (χ4n) is 1.01. The van der Waals surface area contributed by atoms with E-state index in [2.05, 4.69) is 0 Å². The van der Waals surface area contributed by atoms with E-state index in [1.807, 2.05) is 0 Å². The second-order valence-corrected chi connectivity index (χ2v) is 2.73. The summed E-state index contributed by atoms with van der Waals surface area (Å²) in [6, 6.07) is 4.35. The van der Waals surface area contributed by atoms with E-state index >= 15 is 0 Å². The van der Waals surface area contributed by atoms with Crippen LogP contribution in [0, 0.1) is 5.82 Å². The standard InChI is InChI=1S/C10H10FNO2/c11-9-3-1-7(6-12)5-8(9)2-4-10(13)14/h1-5H,6,12H2,(H,13,14). The van der Waals surface area contributed by atoms with Gasteiger partial charge in [-0.1, -0.05) is 6.07 Å². The number of halogens is 1. The summed E-state index contributed by atoms with van der Waals surface area (Å²) in [5.41, 5.74) is 6.35. The molecule has 0 aliphatic carbocycles. The Morgan fingerprint density at radius 1 is 1.57 bits per heavy atom. The van der Waals surface area contributed by atoms with E-state index in [4.69, 9.17) is 10.8 Å². The van der Waals surface area contributed by atoms with Crippen LogP contribution in [0.5, 0.6) is 0 Å². The van der Waals surface area contributed by atoms with Gasteiger partial charge in [0.05, 0.1) is 0 Å². The normalized spacial score (nSPS) is 10.7. The molecular weight excluding hydrogens is 185 g/mol. The molecule has 0 fully saturated rings. The van der Waals surface area contributed by atoms with Gasteiger partial charge in [-0.05, 0) is 23.8 Å². The van der Waals surface area contributed by atoms with Crippen molar-refractivity contribution in [3.05, 3.63) is 41.2 Å². The Morgan fingerprint density at radius 3 is 2.86 bits per heavy atom. The van der Waals surface area contributed by atoms with Gasteiger partial charge in [0, 0.05) is 18.2 Å². The molecule has 0 atom stereocenters. The van der Waals surface area contributed by atoms with E-state index in [0.717, 1.165) is 11.6 Å². The fraction of sp³-hybridized carbons (Fsp3) is 0.100. The Labute approximate surface area is 80.7 Å². The zero-order chi connectivity index (χ0) is 10.6. The van der Waals surface area contributed by atoms with Gasteiger partial charge in [0.2, 0.25) is 0 Å². The van der Waals surface area contributed by atoms with Gasteiger partial charge in [-0.3, -0.25) is 0 Å². The van der Waals surface area contributed by atoms with Crippen molar-refractivity contribution < 1.29 is 14.3 Å². The molecule has 0 aromatic heterocycles. The molecule has 0 amide bonds. The monoisotopic (exact) mass is 195 g/mol. The van der Waals surface area contributed by atoms with E-state index in [1.54, 1.807) is 6.07 Å². The molecule has 1 aromatic rings. The Morgan fingerprint density at radius 2 is 2.29 bits per heavy atom. The highest BCUT2D eigenvalue weighted by Crippen LogP contribution is 2.11. The molecule has 0 saturated heterocycles. The number of aliphatic carboxylic acids is 1. The number of rotatable bonds is 3. The van der Waals surface area contributed by atoms with E-state index < -0.39 is 11.8 Å². The molecule has 0 heterocycles. The second kappa shape index (κ2) is 4.53. The minimum Gasteiger partial charge on any atom is -0.478 e. The summed E-state index contributed by atoms with van der Waals surface area (Å²) in [6.45, 7) is 0.300. The van der Waals surface area contributed by atoms with Gasteiger partial charge in [0.1, 0.15) is 5.82 Å². The van der Waals surface area contributed by atoms with Crippen LogP contribution in [0.25, 0.3) is 6.08 Å². The average molecular weight is 195 g/mol. The molecule has 0 spiro atoms. The van der Waals surface area contributed by atoms with Crippen LogP contribution >= 0.6 is 0 Å². The van der Waals surface area contributed by atoms with Crippen LogP contribution in [0.15, 0.2) is 24.3 Å². The molecule has 74 valence electrons. The molecule has 3 nitrogen and oxygen atoms in total. The third-order valence-electron chi connectivity index (χ3n) is 1.70. The molecule has 0 unspecified atom stereocenters. The van der Waals surface area contributed by atoms with E-state index in [-0.39, 0.29) is 5.56 Å². The van der Waals surface area contributed by atoms with Gasteiger partial charge in [-0.15, -0.1) is 0 Å². The summed E-state index contributed by atoms with van der Waals surface area (Å²) in [7, 11) is 0. The summed E-state index contributed by atoms with van der Waals surface area (Å²) in [5.74, 6) is -1.57. The minimum atomic E-state index is -1.11. The number of hydrogen-bond donors (Lipinski definition) is 2. The molecule has 14 heavy (non-hydrogen) atoms. The largest absolute Gasteiger partial charge is 0.478 e. The summed E-state index contributed by atoms with van der Waals surface area (Å²) in [6.07, 6.45) is 2.09. The van der Waals surface area contributed by atoms with E-state index in [1.165, 1.54) is 18.2 Å². The number of carbonyl (C=O) groups is 1. The maximum Gasteiger partial charge on any atom is 0.328 e. The lowest BCUT2D eigenvalue weighted by atomic mass is 10.1. The molecule has 0 aliphatic rings. The number of hydrogen-bond acceptors (Lipinski definition) is 2. The molecule has 0 radical (unpaired) electrons. The van der Waals surface area contributed by atoms with Crippen LogP contribution in [0.2, 0.25) is 0 Å². The SMILES string of the molecule is NCc1ccc(F)c(C=CC(=O)O)c1. The van der Waals surface area contributed by atoms with Gasteiger partial charge >= 0.3 is 5.97 Å². The first-order chi connectivity index (χ1) is 6.63. The van der Waals surface area contributed by atoms with Crippen molar-refractivity contribution in [2.24, 2.45) is 5.73 Å². The van der Waals surface area contributed by atoms with Crippen molar-refractivity contribution in [3.8, 4) is 0 Å². The van der Waals surface area contributed by atoms with Crippen molar-refractivity contribution in [2.75, 3.05) is 0 Å². The molecule has 1 aromatic carbocycles. The summed E-state index contributed by atoms with van der Waals surface area (Å²) < 4.78 is 13.1. The minimum absolute atomic E-state index is 0.232. The number of carboxylic acid groups (broad SMARTS) is 1. The highest BCUT2D eigenvalue weighted by Gasteiger charge is 2.00. The van der Waals surface area contributed by atoms with Crippen LogP contribution in [0.3, 0.4) is 0 Å². The van der Waals surface area contributed by atoms with Gasteiger partial charge in [0.15, 0.2) is 0 Å². The first-order valence-corrected chi connectivity index (χ1v) is 4.03. The quantitative estimate of drug-likeness (QED) is 0.716. The zero-order valence-electron chi connectivity index (χ0n) is 7.40. The molecule has 0 saturated carbocycles. The molecule has 0 bridgehead atoms. The lowest BCUT2D eigenvalue weighted by Crippen LogP contribution is -1.97. The highest BCUT2D eigenvalue weighted by molar-refractivity contribution is 5.85. The van der Waals surface area contributed by atoms with Crippen LogP contribution in [-0.4, -0.2) is 11.1 Å². The third kappa shape index (κ3) is 2.67. The maximum atomic E-state index is 13.1. The van der Waals surface area contributed by atoms with Crippen molar-refractivity contribution in [1.29, 1.82) is 0 Å². The summed E-state index contributed by atoms with van der Waals surface area (Å²) in [4.78, 5) is 10.2. The van der Waals surface area contributed by atoms with Crippen molar-refractivity contribution in [2.45, 2.75) is 6.54 Å². The molecule has 1 rings (SSSR count). The lowest BCUT2D eigenvalue weighted by molar-refractivity contribution is -0.131.